The normalized spacial score (nSPS) is 20.4. The van der Waals surface area contributed by atoms with Gasteiger partial charge in [0.05, 0.1) is 10.6 Å². The number of hydrogen-bond acceptors (Lipinski definition) is 3. The molecule has 0 radical (unpaired) electrons. The molecule has 1 unspecified atom stereocenters. The predicted octanol–water partition coefficient (Wildman–Crippen LogP) is 3.11. The van der Waals surface area contributed by atoms with Gasteiger partial charge in [-0.05, 0) is 44.1 Å². The Morgan fingerprint density at radius 2 is 2.39 bits per heavy atom. The second-order valence-corrected chi connectivity index (χ2v) is 5.09. The van der Waals surface area contributed by atoms with Gasteiger partial charge in [-0.1, -0.05) is 18.5 Å². The van der Waals surface area contributed by atoms with E-state index >= 15 is 0 Å². The van der Waals surface area contributed by atoms with Gasteiger partial charge in [0.15, 0.2) is 0 Å². The summed E-state index contributed by atoms with van der Waals surface area (Å²) in [6.45, 7) is 5.57. The molecule has 1 N–H and O–H groups in total. The Morgan fingerprint density at radius 1 is 1.56 bits per heavy atom. The zero-order chi connectivity index (χ0) is 13.0. The fraction of sp³-hybridized carbons (Fsp3) is 0.500. The number of nitrogens with zero attached hydrogens (tertiary/aromatic N) is 2. The van der Waals surface area contributed by atoms with Crippen LogP contribution in [0.25, 0.3) is 0 Å². The van der Waals surface area contributed by atoms with Gasteiger partial charge in [-0.15, -0.1) is 0 Å². The molecule has 18 heavy (non-hydrogen) atoms. The maximum atomic E-state index is 8.84. The molecule has 0 saturated carbocycles. The van der Waals surface area contributed by atoms with Gasteiger partial charge in [-0.2, -0.15) is 5.26 Å². The van der Waals surface area contributed by atoms with Crippen molar-refractivity contribution in [3.8, 4) is 6.07 Å². The molecule has 0 bridgehead atoms. The number of piperidine rings is 1. The fourth-order valence-corrected chi connectivity index (χ4v) is 2.61. The maximum Gasteiger partial charge on any atom is 0.101 e. The van der Waals surface area contributed by atoms with Gasteiger partial charge in [-0.3, -0.25) is 0 Å². The van der Waals surface area contributed by atoms with E-state index in [4.69, 9.17) is 16.9 Å². The molecule has 0 spiro atoms. The highest BCUT2D eigenvalue weighted by atomic mass is 35.5. The Bertz CT molecular complexity index is 453. The van der Waals surface area contributed by atoms with Crippen molar-refractivity contribution in [3.63, 3.8) is 0 Å². The molecule has 1 saturated heterocycles. The molecule has 0 aliphatic carbocycles. The summed E-state index contributed by atoms with van der Waals surface area (Å²) in [6, 6.07) is 8.08. The SMILES string of the molecule is CCN1CCCC(Nc2ccc(C#N)c(Cl)c2)C1. The Morgan fingerprint density at radius 3 is 3.06 bits per heavy atom. The highest BCUT2D eigenvalue weighted by molar-refractivity contribution is 6.32. The van der Waals surface area contributed by atoms with Crippen LogP contribution in [0.3, 0.4) is 0 Å². The van der Waals surface area contributed by atoms with Crippen molar-refractivity contribution in [3.05, 3.63) is 28.8 Å². The van der Waals surface area contributed by atoms with E-state index in [1.807, 2.05) is 12.1 Å². The Hall–Kier alpha value is -1.24. The number of rotatable bonds is 3. The van der Waals surface area contributed by atoms with E-state index in [-0.39, 0.29) is 0 Å². The second-order valence-electron chi connectivity index (χ2n) is 4.68. The standard InChI is InChI=1S/C14H18ClN3/c1-2-18-7-3-4-13(10-18)17-12-6-5-11(9-16)14(15)8-12/h5-6,8,13,17H,2-4,7,10H2,1H3. The zero-order valence-corrected chi connectivity index (χ0v) is 11.4. The van der Waals surface area contributed by atoms with Gasteiger partial charge in [0.1, 0.15) is 6.07 Å². The summed E-state index contributed by atoms with van der Waals surface area (Å²) in [5, 5.41) is 12.9. The average Bonchev–Trinajstić information content (AvgIpc) is 2.39. The van der Waals surface area contributed by atoms with Gasteiger partial charge >= 0.3 is 0 Å². The molecule has 1 atom stereocenters. The molecule has 3 nitrogen and oxygen atoms in total. The molecule has 1 heterocycles. The molecule has 1 aromatic rings. The zero-order valence-electron chi connectivity index (χ0n) is 10.6. The average molecular weight is 264 g/mol. The van der Waals surface area contributed by atoms with Gasteiger partial charge in [0.2, 0.25) is 0 Å². The summed E-state index contributed by atoms with van der Waals surface area (Å²) in [6.07, 6.45) is 2.42. The van der Waals surface area contributed by atoms with E-state index in [2.05, 4.69) is 23.2 Å². The van der Waals surface area contributed by atoms with Crippen LogP contribution in [0.1, 0.15) is 25.3 Å². The first-order valence-electron chi connectivity index (χ1n) is 6.41. The molecule has 1 aliphatic rings. The minimum absolute atomic E-state index is 0.475. The molecule has 0 aromatic heterocycles. The van der Waals surface area contributed by atoms with Crippen molar-refractivity contribution in [1.29, 1.82) is 5.26 Å². The number of likely N-dealkylation sites (tertiary alicyclic amines) is 1. The number of halogens is 1. The molecule has 1 fully saturated rings. The van der Waals surface area contributed by atoms with Crippen molar-refractivity contribution in [2.75, 3.05) is 25.0 Å². The summed E-state index contributed by atoms with van der Waals surface area (Å²) < 4.78 is 0. The van der Waals surface area contributed by atoms with Crippen LogP contribution in [-0.4, -0.2) is 30.6 Å². The summed E-state index contributed by atoms with van der Waals surface area (Å²) in [5.74, 6) is 0. The minimum atomic E-state index is 0.475. The monoisotopic (exact) mass is 263 g/mol. The molecule has 96 valence electrons. The first kappa shape index (κ1) is 13.2. The first-order chi connectivity index (χ1) is 8.72. The second kappa shape index (κ2) is 6.08. The van der Waals surface area contributed by atoms with Crippen LogP contribution in [0.15, 0.2) is 18.2 Å². The molecule has 1 aromatic carbocycles. The highest BCUT2D eigenvalue weighted by Gasteiger charge is 2.18. The number of benzene rings is 1. The van der Waals surface area contributed by atoms with Gasteiger partial charge < -0.3 is 10.2 Å². The van der Waals surface area contributed by atoms with Gasteiger partial charge in [0.25, 0.3) is 0 Å². The lowest BCUT2D eigenvalue weighted by Gasteiger charge is -2.32. The lowest BCUT2D eigenvalue weighted by molar-refractivity contribution is 0.227. The minimum Gasteiger partial charge on any atom is -0.381 e. The third kappa shape index (κ3) is 3.16. The highest BCUT2D eigenvalue weighted by Crippen LogP contribution is 2.22. The maximum absolute atomic E-state index is 8.84. The fourth-order valence-electron chi connectivity index (χ4n) is 2.39. The number of hydrogen-bond donors (Lipinski definition) is 1. The number of anilines is 1. The van der Waals surface area contributed by atoms with Crippen molar-refractivity contribution >= 4 is 17.3 Å². The molecule has 1 aliphatic heterocycles. The van der Waals surface area contributed by atoms with Crippen LogP contribution in [0.2, 0.25) is 5.02 Å². The van der Waals surface area contributed by atoms with E-state index in [9.17, 15) is 0 Å². The largest absolute Gasteiger partial charge is 0.381 e. The summed E-state index contributed by atoms with van der Waals surface area (Å²) in [4.78, 5) is 2.45. The first-order valence-corrected chi connectivity index (χ1v) is 6.79. The van der Waals surface area contributed by atoms with Crippen LogP contribution in [0.5, 0.6) is 0 Å². The number of nitrogens with one attached hydrogen (secondary N) is 1. The van der Waals surface area contributed by atoms with Crippen LogP contribution < -0.4 is 5.32 Å². The van der Waals surface area contributed by atoms with E-state index < -0.39 is 0 Å². The van der Waals surface area contributed by atoms with Crippen LogP contribution in [-0.2, 0) is 0 Å². The third-order valence-corrected chi connectivity index (χ3v) is 3.73. The molecule has 0 amide bonds. The number of likely N-dealkylation sites (N-methyl/N-ethyl adjacent to an activating group) is 1. The quantitative estimate of drug-likeness (QED) is 0.911. The summed E-state index contributed by atoms with van der Waals surface area (Å²) in [7, 11) is 0. The lowest BCUT2D eigenvalue weighted by Crippen LogP contribution is -2.41. The number of nitriles is 1. The third-order valence-electron chi connectivity index (χ3n) is 3.41. The Kier molecular flexibility index (Phi) is 4.46. The van der Waals surface area contributed by atoms with E-state index in [0.29, 0.717) is 16.6 Å². The van der Waals surface area contributed by atoms with Crippen molar-refractivity contribution < 1.29 is 0 Å². The molecular weight excluding hydrogens is 246 g/mol. The van der Waals surface area contributed by atoms with Crippen molar-refractivity contribution in [2.45, 2.75) is 25.8 Å². The van der Waals surface area contributed by atoms with Crippen molar-refractivity contribution in [2.24, 2.45) is 0 Å². The van der Waals surface area contributed by atoms with E-state index in [1.165, 1.54) is 19.4 Å². The van der Waals surface area contributed by atoms with E-state index in [1.54, 1.807) is 6.07 Å². The van der Waals surface area contributed by atoms with Gasteiger partial charge in [-0.25, -0.2) is 0 Å². The summed E-state index contributed by atoms with van der Waals surface area (Å²) >= 11 is 6.03. The molecule has 2 rings (SSSR count). The van der Waals surface area contributed by atoms with E-state index in [0.717, 1.165) is 18.8 Å². The van der Waals surface area contributed by atoms with Crippen LogP contribution >= 0.6 is 11.6 Å². The Labute approximate surface area is 113 Å². The smallest absolute Gasteiger partial charge is 0.101 e. The van der Waals surface area contributed by atoms with Gasteiger partial charge in [0, 0.05) is 18.3 Å². The summed E-state index contributed by atoms with van der Waals surface area (Å²) in [5.41, 5.74) is 1.53. The predicted molar refractivity (Wildman–Crippen MR) is 74.9 cm³/mol. The van der Waals surface area contributed by atoms with Crippen molar-refractivity contribution in [1.82, 2.24) is 4.90 Å². The molecule has 4 heteroatoms. The topological polar surface area (TPSA) is 39.1 Å². The van der Waals surface area contributed by atoms with Crippen LogP contribution in [0, 0.1) is 11.3 Å². The van der Waals surface area contributed by atoms with Crippen LogP contribution in [0.4, 0.5) is 5.69 Å². The Balaban J connectivity index is 2.01. The molecular formula is C14H18ClN3. The lowest BCUT2D eigenvalue weighted by atomic mass is 10.1.